The van der Waals surface area contributed by atoms with Crippen molar-refractivity contribution in [2.45, 2.75) is 32.7 Å². The molecule has 0 saturated carbocycles. The number of carboxylic acid groups (broad SMARTS) is 1. The van der Waals surface area contributed by atoms with Crippen LogP contribution in [-0.4, -0.2) is 39.2 Å². The molecule has 1 aromatic heterocycles. The van der Waals surface area contributed by atoms with E-state index < -0.39 is 5.97 Å². The molecule has 1 saturated heterocycles. The minimum atomic E-state index is -0.718. The van der Waals surface area contributed by atoms with Crippen LogP contribution in [0.25, 0.3) is 0 Å². The minimum Gasteiger partial charge on any atom is -0.481 e. The fraction of sp³-hybridized carbons (Fsp3) is 0.727. The number of carboxylic acids is 1. The van der Waals surface area contributed by atoms with Crippen molar-refractivity contribution in [3.8, 4) is 0 Å². The van der Waals surface area contributed by atoms with Gasteiger partial charge in [0.25, 0.3) is 0 Å². The number of hydrogen-bond donors (Lipinski definition) is 1. The zero-order chi connectivity index (χ0) is 12.3. The highest BCUT2D eigenvalue weighted by molar-refractivity contribution is 5.67. The van der Waals surface area contributed by atoms with Gasteiger partial charge in [-0.25, -0.2) is 0 Å². The maximum absolute atomic E-state index is 10.6. The zero-order valence-electron chi connectivity index (χ0n) is 9.93. The van der Waals surface area contributed by atoms with Crippen LogP contribution in [0.4, 0.5) is 0 Å². The fourth-order valence-corrected chi connectivity index (χ4v) is 2.17. The highest BCUT2D eigenvalue weighted by Crippen LogP contribution is 2.20. The molecule has 1 aliphatic rings. The quantitative estimate of drug-likeness (QED) is 0.823. The summed E-state index contributed by atoms with van der Waals surface area (Å²) in [5.74, 6) is 0.883. The predicted octanol–water partition coefficient (Wildman–Crippen LogP) is 0.929. The van der Waals surface area contributed by atoms with Crippen molar-refractivity contribution in [2.75, 3.05) is 13.1 Å². The molecular formula is C11H17N3O3. The molecule has 94 valence electrons. The van der Waals surface area contributed by atoms with E-state index in [1.54, 1.807) is 0 Å². The second-order valence-electron chi connectivity index (χ2n) is 4.45. The van der Waals surface area contributed by atoms with Crippen LogP contribution in [0.15, 0.2) is 4.52 Å². The van der Waals surface area contributed by atoms with Gasteiger partial charge in [-0.2, -0.15) is 4.98 Å². The van der Waals surface area contributed by atoms with E-state index >= 15 is 0 Å². The van der Waals surface area contributed by atoms with Gasteiger partial charge < -0.3 is 9.63 Å². The Balaban J connectivity index is 1.83. The first-order valence-electron chi connectivity index (χ1n) is 5.93. The van der Waals surface area contributed by atoms with E-state index in [0.29, 0.717) is 18.3 Å². The third-order valence-corrected chi connectivity index (χ3v) is 3.01. The van der Waals surface area contributed by atoms with Crippen LogP contribution in [0.5, 0.6) is 0 Å². The Kier molecular flexibility index (Phi) is 3.73. The molecule has 0 spiro atoms. The summed E-state index contributed by atoms with van der Waals surface area (Å²) >= 11 is 0. The first-order valence-corrected chi connectivity index (χ1v) is 5.93. The summed E-state index contributed by atoms with van der Waals surface area (Å²) in [6, 6.07) is 0. The summed E-state index contributed by atoms with van der Waals surface area (Å²) in [5, 5.41) is 12.6. The van der Waals surface area contributed by atoms with E-state index in [1.165, 1.54) is 0 Å². The highest BCUT2D eigenvalue weighted by atomic mass is 16.5. The van der Waals surface area contributed by atoms with Crippen molar-refractivity contribution < 1.29 is 14.4 Å². The summed E-state index contributed by atoms with van der Waals surface area (Å²) in [6.45, 7) is 4.34. The molecule has 0 aliphatic carbocycles. The Labute approximate surface area is 99.6 Å². The third kappa shape index (κ3) is 3.26. The molecule has 6 nitrogen and oxygen atoms in total. The number of hydrogen-bond acceptors (Lipinski definition) is 5. The maximum atomic E-state index is 10.6. The standard InChI is InChI=1S/C11H17N3O3/c1-2-10-12-9(13-17-10)7-14-4-3-8(6-14)5-11(15)16/h8H,2-7H2,1H3,(H,15,16). The van der Waals surface area contributed by atoms with Crippen molar-refractivity contribution in [1.82, 2.24) is 15.0 Å². The predicted molar refractivity (Wildman–Crippen MR) is 59.3 cm³/mol. The van der Waals surface area contributed by atoms with E-state index in [1.807, 2.05) is 6.92 Å². The molecule has 1 atom stereocenters. The van der Waals surface area contributed by atoms with Gasteiger partial charge in [-0.3, -0.25) is 9.69 Å². The molecule has 0 aromatic carbocycles. The lowest BCUT2D eigenvalue weighted by atomic mass is 10.1. The lowest BCUT2D eigenvalue weighted by Gasteiger charge is -2.12. The van der Waals surface area contributed by atoms with Crippen LogP contribution in [0.1, 0.15) is 31.5 Å². The van der Waals surface area contributed by atoms with Crippen molar-refractivity contribution >= 4 is 5.97 Å². The summed E-state index contributed by atoms with van der Waals surface area (Å²) < 4.78 is 5.03. The Morgan fingerprint density at radius 3 is 3.12 bits per heavy atom. The molecule has 0 radical (unpaired) electrons. The molecule has 17 heavy (non-hydrogen) atoms. The SMILES string of the molecule is CCc1nc(CN2CCC(CC(=O)O)C2)no1. The normalized spacial score (nSPS) is 20.9. The van der Waals surface area contributed by atoms with Crippen LogP contribution < -0.4 is 0 Å². The molecule has 0 amide bonds. The molecule has 2 rings (SSSR count). The number of aryl methyl sites for hydroxylation is 1. The summed E-state index contributed by atoms with van der Waals surface area (Å²) in [4.78, 5) is 17.0. The molecule has 0 bridgehead atoms. The van der Waals surface area contributed by atoms with Crippen LogP contribution in [0.2, 0.25) is 0 Å². The third-order valence-electron chi connectivity index (χ3n) is 3.01. The van der Waals surface area contributed by atoms with Crippen molar-refractivity contribution in [3.63, 3.8) is 0 Å². The molecule has 1 aromatic rings. The molecule has 2 heterocycles. The Hall–Kier alpha value is -1.43. The van der Waals surface area contributed by atoms with E-state index in [-0.39, 0.29) is 12.3 Å². The van der Waals surface area contributed by atoms with Crippen LogP contribution >= 0.6 is 0 Å². The Morgan fingerprint density at radius 1 is 1.65 bits per heavy atom. The van der Waals surface area contributed by atoms with Gasteiger partial charge in [0.2, 0.25) is 5.89 Å². The second-order valence-corrected chi connectivity index (χ2v) is 4.45. The van der Waals surface area contributed by atoms with Gasteiger partial charge in [0, 0.05) is 19.4 Å². The lowest BCUT2D eigenvalue weighted by molar-refractivity contribution is -0.138. The van der Waals surface area contributed by atoms with Gasteiger partial charge >= 0.3 is 5.97 Å². The van der Waals surface area contributed by atoms with Crippen molar-refractivity contribution in [2.24, 2.45) is 5.92 Å². The highest BCUT2D eigenvalue weighted by Gasteiger charge is 2.25. The van der Waals surface area contributed by atoms with Gasteiger partial charge in [0.1, 0.15) is 0 Å². The van der Waals surface area contributed by atoms with Crippen LogP contribution in [0, 0.1) is 5.92 Å². The first kappa shape index (κ1) is 12.0. The Bertz CT molecular complexity index is 391. The topological polar surface area (TPSA) is 79.5 Å². The molecule has 6 heteroatoms. The number of aliphatic carboxylic acids is 1. The summed E-state index contributed by atoms with van der Waals surface area (Å²) in [7, 11) is 0. The molecule has 1 fully saturated rings. The number of nitrogens with zero attached hydrogens (tertiary/aromatic N) is 3. The van der Waals surface area contributed by atoms with Crippen LogP contribution in [-0.2, 0) is 17.8 Å². The van der Waals surface area contributed by atoms with Crippen LogP contribution in [0.3, 0.4) is 0 Å². The zero-order valence-corrected chi connectivity index (χ0v) is 9.93. The van der Waals surface area contributed by atoms with E-state index in [2.05, 4.69) is 15.0 Å². The number of rotatable bonds is 5. The smallest absolute Gasteiger partial charge is 0.303 e. The largest absolute Gasteiger partial charge is 0.481 e. The van der Waals surface area contributed by atoms with E-state index in [0.717, 1.165) is 25.9 Å². The van der Waals surface area contributed by atoms with Gasteiger partial charge in [-0.1, -0.05) is 12.1 Å². The van der Waals surface area contributed by atoms with Crippen molar-refractivity contribution in [3.05, 3.63) is 11.7 Å². The fourth-order valence-electron chi connectivity index (χ4n) is 2.17. The minimum absolute atomic E-state index is 0.253. The lowest BCUT2D eigenvalue weighted by Crippen LogP contribution is -2.21. The van der Waals surface area contributed by atoms with E-state index in [4.69, 9.17) is 9.63 Å². The second kappa shape index (κ2) is 5.27. The van der Waals surface area contributed by atoms with Gasteiger partial charge in [0.05, 0.1) is 6.54 Å². The average molecular weight is 239 g/mol. The van der Waals surface area contributed by atoms with Gasteiger partial charge in [-0.15, -0.1) is 0 Å². The molecule has 1 N–H and O–H groups in total. The molecule has 1 unspecified atom stereocenters. The maximum Gasteiger partial charge on any atom is 0.303 e. The molecule has 1 aliphatic heterocycles. The Morgan fingerprint density at radius 2 is 2.47 bits per heavy atom. The number of likely N-dealkylation sites (tertiary alicyclic amines) is 1. The summed E-state index contributed by atoms with van der Waals surface area (Å²) in [6.07, 6.45) is 1.93. The average Bonchev–Trinajstić information content (AvgIpc) is 2.88. The monoisotopic (exact) mass is 239 g/mol. The van der Waals surface area contributed by atoms with Gasteiger partial charge in [-0.05, 0) is 18.9 Å². The van der Waals surface area contributed by atoms with E-state index in [9.17, 15) is 4.79 Å². The first-order chi connectivity index (χ1) is 8.17. The van der Waals surface area contributed by atoms with Gasteiger partial charge in [0.15, 0.2) is 5.82 Å². The van der Waals surface area contributed by atoms with Crippen molar-refractivity contribution in [1.29, 1.82) is 0 Å². The number of carbonyl (C=O) groups is 1. The number of aromatic nitrogens is 2. The molecular weight excluding hydrogens is 222 g/mol. The summed E-state index contributed by atoms with van der Waals surface area (Å²) in [5.41, 5.74) is 0.